The van der Waals surface area contributed by atoms with E-state index in [1.54, 1.807) is 0 Å². The Labute approximate surface area is 154 Å². The van der Waals surface area contributed by atoms with Crippen molar-refractivity contribution in [1.29, 1.82) is 0 Å². The van der Waals surface area contributed by atoms with Crippen molar-refractivity contribution >= 4 is 17.7 Å². The first-order chi connectivity index (χ1) is 12.5. The van der Waals surface area contributed by atoms with E-state index in [4.69, 9.17) is 4.99 Å². The van der Waals surface area contributed by atoms with E-state index < -0.39 is 6.09 Å². The Morgan fingerprint density at radius 1 is 1.27 bits per heavy atom. The first-order valence-corrected chi connectivity index (χ1v) is 8.57. The summed E-state index contributed by atoms with van der Waals surface area (Å²) in [5.41, 5.74) is 2.97. The number of nitrogens with zero attached hydrogens (tertiary/aromatic N) is 3. The zero-order chi connectivity index (χ0) is 18.9. The Morgan fingerprint density at radius 2 is 2.00 bits per heavy atom. The number of aryl methyl sites for hydroxylation is 1. The quantitative estimate of drug-likeness (QED) is 0.616. The summed E-state index contributed by atoms with van der Waals surface area (Å²) in [6, 6.07) is 11.7. The summed E-state index contributed by atoms with van der Waals surface area (Å²) in [5, 5.41) is 5.96. The molecule has 2 N–H and O–H groups in total. The number of aliphatic imine (C=N–C) groups is 1. The lowest BCUT2D eigenvalue weighted by atomic mass is 10.2. The third-order valence-corrected chi connectivity index (χ3v) is 3.94. The molecule has 1 aromatic heterocycles. The van der Waals surface area contributed by atoms with Crippen LogP contribution in [0.15, 0.2) is 47.6 Å². The maximum atomic E-state index is 11.2. The summed E-state index contributed by atoms with van der Waals surface area (Å²) in [6.45, 7) is 4.19. The molecule has 0 fully saturated rings. The normalized spacial score (nSPS) is 11.2. The van der Waals surface area contributed by atoms with Crippen molar-refractivity contribution in [2.75, 3.05) is 26.0 Å². The highest BCUT2D eigenvalue weighted by Gasteiger charge is 2.08. The molecule has 0 aliphatic carbocycles. The summed E-state index contributed by atoms with van der Waals surface area (Å²) in [5.74, 6) is 0.852. The molecule has 26 heavy (non-hydrogen) atoms. The van der Waals surface area contributed by atoms with E-state index >= 15 is 0 Å². The number of carbonyl (C=O) groups is 1. The number of hydrogen-bond donors (Lipinski definition) is 2. The second kappa shape index (κ2) is 9.50. The van der Waals surface area contributed by atoms with Crippen LogP contribution >= 0.6 is 0 Å². The minimum Gasteiger partial charge on any atom is -0.453 e. The Bertz CT molecular complexity index is 737. The summed E-state index contributed by atoms with van der Waals surface area (Å²) < 4.78 is 6.68. The standard InChI is InChI=1S/C19H27N5O2/c1-5-20-18(24(3)14-17-7-6-12-23(17)2)21-13-15-8-10-16(11-9-15)22-19(25)26-4/h6-12H,5,13-14H2,1-4H3,(H,20,21)(H,22,25). The number of aromatic nitrogens is 1. The van der Waals surface area contributed by atoms with E-state index in [1.807, 2.05) is 50.6 Å². The molecule has 0 radical (unpaired) electrons. The van der Waals surface area contributed by atoms with Crippen molar-refractivity contribution in [2.45, 2.75) is 20.0 Å². The number of ether oxygens (including phenoxy) is 1. The minimum absolute atomic E-state index is 0.479. The molecule has 0 saturated heterocycles. The Balaban J connectivity index is 2.01. The molecule has 0 spiro atoms. The SMILES string of the molecule is CCNC(=NCc1ccc(NC(=O)OC)cc1)N(C)Cc1cccn1C. The third-order valence-electron chi connectivity index (χ3n) is 3.94. The topological polar surface area (TPSA) is 70.9 Å². The molecule has 0 saturated carbocycles. The summed E-state index contributed by atoms with van der Waals surface area (Å²) in [4.78, 5) is 18.0. The van der Waals surface area contributed by atoms with E-state index in [0.29, 0.717) is 12.2 Å². The van der Waals surface area contributed by atoms with Gasteiger partial charge in [0.05, 0.1) is 20.2 Å². The number of rotatable bonds is 6. The third kappa shape index (κ3) is 5.54. The number of hydrogen-bond acceptors (Lipinski definition) is 3. The highest BCUT2D eigenvalue weighted by Crippen LogP contribution is 2.11. The Morgan fingerprint density at radius 3 is 2.58 bits per heavy atom. The Hall–Kier alpha value is -2.96. The summed E-state index contributed by atoms with van der Waals surface area (Å²) in [6.07, 6.45) is 1.56. The molecule has 7 heteroatoms. The van der Waals surface area contributed by atoms with Crippen LogP contribution in [-0.4, -0.2) is 42.2 Å². The predicted octanol–water partition coefficient (Wildman–Crippen LogP) is 2.80. The summed E-state index contributed by atoms with van der Waals surface area (Å²) in [7, 11) is 5.40. The van der Waals surface area contributed by atoms with E-state index in [-0.39, 0.29) is 0 Å². The molecule has 140 valence electrons. The van der Waals surface area contributed by atoms with Crippen LogP contribution in [0.2, 0.25) is 0 Å². The number of methoxy groups -OCH3 is 1. The van der Waals surface area contributed by atoms with Crippen molar-refractivity contribution in [3.05, 3.63) is 53.9 Å². The van der Waals surface area contributed by atoms with Gasteiger partial charge >= 0.3 is 6.09 Å². The van der Waals surface area contributed by atoms with Crippen molar-refractivity contribution in [3.8, 4) is 0 Å². The first-order valence-electron chi connectivity index (χ1n) is 8.57. The molecule has 7 nitrogen and oxygen atoms in total. The van der Waals surface area contributed by atoms with Crippen LogP contribution in [-0.2, 0) is 24.9 Å². The van der Waals surface area contributed by atoms with Gasteiger partial charge in [-0.3, -0.25) is 5.32 Å². The molecule has 1 amide bonds. The maximum Gasteiger partial charge on any atom is 0.411 e. The lowest BCUT2D eigenvalue weighted by molar-refractivity contribution is 0.187. The molecule has 0 aliphatic heterocycles. The van der Waals surface area contributed by atoms with Crippen LogP contribution in [0, 0.1) is 0 Å². The van der Waals surface area contributed by atoms with Gasteiger partial charge in [-0.25, -0.2) is 9.79 Å². The molecule has 1 heterocycles. The van der Waals surface area contributed by atoms with Gasteiger partial charge in [0.15, 0.2) is 5.96 Å². The second-order valence-corrected chi connectivity index (χ2v) is 5.95. The van der Waals surface area contributed by atoms with Gasteiger partial charge in [-0.15, -0.1) is 0 Å². The maximum absolute atomic E-state index is 11.2. The van der Waals surface area contributed by atoms with Crippen molar-refractivity contribution in [3.63, 3.8) is 0 Å². The van der Waals surface area contributed by atoms with Crippen LogP contribution in [0.5, 0.6) is 0 Å². The van der Waals surface area contributed by atoms with Gasteiger partial charge in [0.25, 0.3) is 0 Å². The van der Waals surface area contributed by atoms with E-state index in [0.717, 1.165) is 24.6 Å². The second-order valence-electron chi connectivity index (χ2n) is 5.95. The van der Waals surface area contributed by atoms with Gasteiger partial charge < -0.3 is 19.5 Å². The van der Waals surface area contributed by atoms with Gasteiger partial charge in [-0.2, -0.15) is 0 Å². The molecule has 2 rings (SSSR count). The lowest BCUT2D eigenvalue weighted by Crippen LogP contribution is -2.38. The fourth-order valence-electron chi connectivity index (χ4n) is 2.48. The molecule has 1 aromatic carbocycles. The molecule has 0 aliphatic rings. The van der Waals surface area contributed by atoms with Crippen molar-refractivity contribution in [2.24, 2.45) is 12.0 Å². The highest BCUT2D eigenvalue weighted by atomic mass is 16.5. The van der Waals surface area contributed by atoms with E-state index in [2.05, 4.69) is 37.8 Å². The van der Waals surface area contributed by atoms with Crippen molar-refractivity contribution in [1.82, 2.24) is 14.8 Å². The monoisotopic (exact) mass is 357 g/mol. The fraction of sp³-hybridized carbons (Fsp3) is 0.368. The van der Waals surface area contributed by atoms with E-state index in [1.165, 1.54) is 12.8 Å². The molecule has 0 unspecified atom stereocenters. The molecule has 0 atom stereocenters. The zero-order valence-electron chi connectivity index (χ0n) is 15.8. The Kier molecular flexibility index (Phi) is 7.08. The summed E-state index contributed by atoms with van der Waals surface area (Å²) >= 11 is 0. The van der Waals surface area contributed by atoms with Crippen molar-refractivity contribution < 1.29 is 9.53 Å². The van der Waals surface area contributed by atoms with Crippen LogP contribution in [0.1, 0.15) is 18.2 Å². The largest absolute Gasteiger partial charge is 0.453 e. The van der Waals surface area contributed by atoms with Gasteiger partial charge in [0.1, 0.15) is 0 Å². The smallest absolute Gasteiger partial charge is 0.411 e. The van der Waals surface area contributed by atoms with Gasteiger partial charge in [-0.1, -0.05) is 12.1 Å². The molecular formula is C19H27N5O2. The van der Waals surface area contributed by atoms with E-state index in [9.17, 15) is 4.79 Å². The van der Waals surface area contributed by atoms with Crippen LogP contribution < -0.4 is 10.6 Å². The number of nitrogens with one attached hydrogen (secondary N) is 2. The zero-order valence-corrected chi connectivity index (χ0v) is 15.8. The number of carbonyl (C=O) groups excluding carboxylic acids is 1. The average molecular weight is 357 g/mol. The minimum atomic E-state index is -0.479. The van der Waals surface area contributed by atoms with Crippen LogP contribution in [0.25, 0.3) is 0 Å². The first kappa shape index (κ1) is 19.4. The predicted molar refractivity (Wildman–Crippen MR) is 104 cm³/mol. The highest BCUT2D eigenvalue weighted by molar-refractivity contribution is 5.84. The fourth-order valence-corrected chi connectivity index (χ4v) is 2.48. The average Bonchev–Trinajstić information content (AvgIpc) is 3.04. The number of anilines is 1. The lowest BCUT2D eigenvalue weighted by Gasteiger charge is -2.22. The molecule has 2 aromatic rings. The molecular weight excluding hydrogens is 330 g/mol. The van der Waals surface area contributed by atoms with Gasteiger partial charge in [0.2, 0.25) is 0 Å². The van der Waals surface area contributed by atoms with Crippen LogP contribution in [0.3, 0.4) is 0 Å². The molecule has 0 bridgehead atoms. The number of benzene rings is 1. The number of amides is 1. The van der Waals surface area contributed by atoms with Gasteiger partial charge in [0, 0.05) is 38.2 Å². The number of guanidine groups is 1. The van der Waals surface area contributed by atoms with Gasteiger partial charge in [-0.05, 0) is 36.8 Å². The van der Waals surface area contributed by atoms with Crippen LogP contribution in [0.4, 0.5) is 10.5 Å².